The maximum atomic E-state index is 11.6. The van der Waals surface area contributed by atoms with Crippen molar-refractivity contribution in [2.24, 2.45) is 11.7 Å². The molecule has 0 bridgehead atoms. The first-order valence-electron chi connectivity index (χ1n) is 6.19. The number of nitrogens with zero attached hydrogens (tertiary/aromatic N) is 1. The molecule has 4 nitrogen and oxygen atoms in total. The average Bonchev–Trinajstić information content (AvgIpc) is 2.27. The van der Waals surface area contributed by atoms with Gasteiger partial charge in [-0.3, -0.25) is 9.59 Å². The highest BCUT2D eigenvalue weighted by molar-refractivity contribution is 5.76. The number of hydrogen-bond acceptors (Lipinski definition) is 2. The molecule has 0 aromatic carbocycles. The van der Waals surface area contributed by atoms with Gasteiger partial charge in [0.15, 0.2) is 0 Å². The van der Waals surface area contributed by atoms with Crippen LogP contribution in [0.15, 0.2) is 0 Å². The van der Waals surface area contributed by atoms with Crippen LogP contribution in [-0.2, 0) is 9.59 Å². The Labute approximate surface area is 97.2 Å². The fourth-order valence-corrected chi connectivity index (χ4v) is 2.19. The molecular formula is C12H22N2O2. The summed E-state index contributed by atoms with van der Waals surface area (Å²) >= 11 is 0. The second kappa shape index (κ2) is 6.51. The maximum absolute atomic E-state index is 11.6. The normalized spacial score (nSPS) is 17.4. The van der Waals surface area contributed by atoms with Gasteiger partial charge in [-0.1, -0.05) is 6.92 Å². The molecule has 1 rings (SSSR count). The fourth-order valence-electron chi connectivity index (χ4n) is 2.19. The molecule has 2 N–H and O–H groups in total. The minimum Gasteiger partial charge on any atom is -0.370 e. The average molecular weight is 226 g/mol. The lowest BCUT2D eigenvalue weighted by Gasteiger charge is -2.32. The van der Waals surface area contributed by atoms with E-state index in [0.29, 0.717) is 18.8 Å². The monoisotopic (exact) mass is 226 g/mol. The Morgan fingerprint density at radius 1 is 1.25 bits per heavy atom. The second-order valence-electron chi connectivity index (χ2n) is 4.58. The number of carbonyl (C=O) groups excluding carboxylic acids is 2. The van der Waals surface area contributed by atoms with Crippen LogP contribution in [0.2, 0.25) is 0 Å². The van der Waals surface area contributed by atoms with Crippen molar-refractivity contribution in [1.29, 1.82) is 0 Å². The lowest BCUT2D eigenvalue weighted by Crippen LogP contribution is -2.38. The molecule has 0 spiro atoms. The lowest BCUT2D eigenvalue weighted by molar-refractivity contribution is -0.132. The lowest BCUT2D eigenvalue weighted by atomic mass is 9.92. The van der Waals surface area contributed by atoms with Gasteiger partial charge in [0.2, 0.25) is 11.8 Å². The highest BCUT2D eigenvalue weighted by atomic mass is 16.2. The first kappa shape index (κ1) is 13.0. The summed E-state index contributed by atoms with van der Waals surface area (Å²) in [6, 6.07) is 0. The van der Waals surface area contributed by atoms with Gasteiger partial charge in [-0.15, -0.1) is 0 Å². The number of carbonyl (C=O) groups is 2. The van der Waals surface area contributed by atoms with Crippen molar-refractivity contribution in [2.45, 2.75) is 45.4 Å². The zero-order chi connectivity index (χ0) is 12.0. The first-order chi connectivity index (χ1) is 7.63. The van der Waals surface area contributed by atoms with Crippen molar-refractivity contribution >= 4 is 11.8 Å². The van der Waals surface area contributed by atoms with E-state index in [1.165, 1.54) is 0 Å². The Balaban J connectivity index is 2.23. The first-order valence-corrected chi connectivity index (χ1v) is 6.19. The third-order valence-electron chi connectivity index (χ3n) is 3.23. The van der Waals surface area contributed by atoms with Crippen LogP contribution < -0.4 is 5.73 Å². The van der Waals surface area contributed by atoms with Gasteiger partial charge >= 0.3 is 0 Å². The van der Waals surface area contributed by atoms with Crippen LogP contribution in [0.5, 0.6) is 0 Å². The van der Waals surface area contributed by atoms with Gasteiger partial charge in [-0.2, -0.15) is 0 Å². The highest BCUT2D eigenvalue weighted by Gasteiger charge is 2.22. The molecule has 0 aromatic heterocycles. The van der Waals surface area contributed by atoms with Crippen LogP contribution in [0, 0.1) is 5.92 Å². The van der Waals surface area contributed by atoms with E-state index in [1.54, 1.807) is 0 Å². The Bertz CT molecular complexity index is 245. The number of primary amides is 1. The van der Waals surface area contributed by atoms with Gasteiger partial charge in [0, 0.05) is 25.9 Å². The molecule has 16 heavy (non-hydrogen) atoms. The van der Waals surface area contributed by atoms with Crippen LogP contribution in [0.3, 0.4) is 0 Å². The molecule has 0 atom stereocenters. The molecule has 0 unspecified atom stereocenters. The van der Waals surface area contributed by atoms with E-state index >= 15 is 0 Å². The van der Waals surface area contributed by atoms with Crippen LogP contribution in [-0.4, -0.2) is 29.8 Å². The number of piperidine rings is 1. The van der Waals surface area contributed by atoms with Crippen molar-refractivity contribution < 1.29 is 9.59 Å². The van der Waals surface area contributed by atoms with E-state index < -0.39 is 0 Å². The minimum absolute atomic E-state index is 0.218. The summed E-state index contributed by atoms with van der Waals surface area (Å²) in [5.41, 5.74) is 5.12. The van der Waals surface area contributed by atoms with Crippen LogP contribution in [0.4, 0.5) is 0 Å². The van der Waals surface area contributed by atoms with E-state index in [-0.39, 0.29) is 11.8 Å². The van der Waals surface area contributed by atoms with Gasteiger partial charge in [-0.05, 0) is 31.6 Å². The standard InChI is InChI=1S/C12H22N2O2/c1-2-3-12(16)14-8-6-10(7-9-14)4-5-11(13)15/h10H,2-9H2,1H3,(H2,13,15). The van der Waals surface area contributed by atoms with Crippen molar-refractivity contribution in [3.8, 4) is 0 Å². The molecule has 1 heterocycles. The Hall–Kier alpha value is -1.06. The van der Waals surface area contributed by atoms with Crippen molar-refractivity contribution in [3.63, 3.8) is 0 Å². The summed E-state index contributed by atoms with van der Waals surface area (Å²) in [4.78, 5) is 24.2. The summed E-state index contributed by atoms with van der Waals surface area (Å²) in [5, 5.41) is 0. The van der Waals surface area contributed by atoms with Crippen molar-refractivity contribution in [2.75, 3.05) is 13.1 Å². The molecule has 4 heteroatoms. The van der Waals surface area contributed by atoms with Gasteiger partial charge in [0.1, 0.15) is 0 Å². The summed E-state index contributed by atoms with van der Waals surface area (Å²) in [6.45, 7) is 3.72. The summed E-state index contributed by atoms with van der Waals surface area (Å²) in [6.07, 6.45) is 4.97. The minimum atomic E-state index is -0.218. The van der Waals surface area contributed by atoms with E-state index in [0.717, 1.165) is 38.8 Å². The SMILES string of the molecule is CCCC(=O)N1CCC(CCC(N)=O)CC1. The van der Waals surface area contributed by atoms with Gasteiger partial charge in [0.25, 0.3) is 0 Å². The van der Waals surface area contributed by atoms with E-state index in [1.807, 2.05) is 11.8 Å². The largest absolute Gasteiger partial charge is 0.370 e. The number of hydrogen-bond donors (Lipinski definition) is 1. The second-order valence-corrected chi connectivity index (χ2v) is 4.58. The third kappa shape index (κ3) is 4.21. The molecule has 92 valence electrons. The Morgan fingerprint density at radius 3 is 2.38 bits per heavy atom. The van der Waals surface area contributed by atoms with Crippen molar-refractivity contribution in [1.82, 2.24) is 4.90 Å². The molecule has 1 aliphatic heterocycles. The molecule has 1 aliphatic rings. The van der Waals surface area contributed by atoms with E-state index in [2.05, 4.69) is 0 Å². The summed E-state index contributed by atoms with van der Waals surface area (Å²) in [5.74, 6) is 0.624. The smallest absolute Gasteiger partial charge is 0.222 e. The van der Waals surface area contributed by atoms with Gasteiger partial charge < -0.3 is 10.6 Å². The Kier molecular flexibility index (Phi) is 5.29. The Morgan fingerprint density at radius 2 is 1.88 bits per heavy atom. The zero-order valence-corrected chi connectivity index (χ0v) is 10.1. The van der Waals surface area contributed by atoms with Gasteiger partial charge in [-0.25, -0.2) is 0 Å². The molecule has 0 aliphatic carbocycles. The molecule has 0 radical (unpaired) electrons. The molecule has 2 amide bonds. The molecular weight excluding hydrogens is 204 g/mol. The zero-order valence-electron chi connectivity index (χ0n) is 10.1. The fraction of sp³-hybridized carbons (Fsp3) is 0.833. The molecule has 0 saturated carbocycles. The number of amides is 2. The molecule has 1 fully saturated rings. The predicted octanol–water partition coefficient (Wildman–Crippen LogP) is 1.29. The van der Waals surface area contributed by atoms with Crippen LogP contribution in [0.1, 0.15) is 45.4 Å². The highest BCUT2D eigenvalue weighted by Crippen LogP contribution is 2.22. The maximum Gasteiger partial charge on any atom is 0.222 e. The number of rotatable bonds is 5. The summed E-state index contributed by atoms with van der Waals surface area (Å²) in [7, 11) is 0. The quantitative estimate of drug-likeness (QED) is 0.767. The predicted molar refractivity (Wildman–Crippen MR) is 62.6 cm³/mol. The number of likely N-dealkylation sites (tertiary alicyclic amines) is 1. The van der Waals surface area contributed by atoms with Crippen LogP contribution in [0.25, 0.3) is 0 Å². The molecule has 1 saturated heterocycles. The van der Waals surface area contributed by atoms with E-state index in [9.17, 15) is 9.59 Å². The summed E-state index contributed by atoms with van der Waals surface area (Å²) < 4.78 is 0. The van der Waals surface area contributed by atoms with Crippen LogP contribution >= 0.6 is 0 Å². The molecule has 0 aromatic rings. The topological polar surface area (TPSA) is 63.4 Å². The van der Waals surface area contributed by atoms with Gasteiger partial charge in [0.05, 0.1) is 0 Å². The third-order valence-corrected chi connectivity index (χ3v) is 3.23. The number of nitrogens with two attached hydrogens (primary N) is 1. The van der Waals surface area contributed by atoms with E-state index in [4.69, 9.17) is 5.73 Å². The van der Waals surface area contributed by atoms with Crippen molar-refractivity contribution in [3.05, 3.63) is 0 Å².